The molecule has 0 bridgehead atoms. The maximum Gasteiger partial charge on any atom is 0.419 e. The number of rotatable bonds is 10. The molecule has 1 aliphatic rings. The molecule has 0 spiro atoms. The van der Waals surface area contributed by atoms with Gasteiger partial charge in [-0.3, -0.25) is 0 Å². The van der Waals surface area contributed by atoms with Gasteiger partial charge in [0.05, 0.1) is 12.2 Å². The predicted molar refractivity (Wildman–Crippen MR) is 116 cm³/mol. The molecule has 0 unspecified atom stereocenters. The minimum Gasteiger partial charge on any atom is -0.493 e. The lowest BCUT2D eigenvalue weighted by Crippen LogP contribution is -2.37. The molecule has 2 aromatic rings. The lowest BCUT2D eigenvalue weighted by Gasteiger charge is -2.21. The molecule has 0 saturated carbocycles. The summed E-state index contributed by atoms with van der Waals surface area (Å²) in [5, 5.41) is 15.7. The van der Waals surface area contributed by atoms with Gasteiger partial charge in [0.1, 0.15) is 11.8 Å². The van der Waals surface area contributed by atoms with Crippen LogP contribution in [0.15, 0.2) is 40.0 Å². The minimum atomic E-state index is -4.60. The van der Waals surface area contributed by atoms with E-state index < -0.39 is 17.8 Å². The van der Waals surface area contributed by atoms with Gasteiger partial charge >= 0.3 is 6.18 Å². The lowest BCUT2D eigenvalue weighted by atomic mass is 10.1. The van der Waals surface area contributed by atoms with E-state index in [9.17, 15) is 13.2 Å². The number of hydrogen-bond acceptors (Lipinski definition) is 6. The number of oxime groups is 1. The van der Waals surface area contributed by atoms with Crippen LogP contribution in [-0.4, -0.2) is 39.4 Å². The molecular formula is C22H28F3N5O3. The van der Waals surface area contributed by atoms with Crippen molar-refractivity contribution in [3.8, 4) is 17.1 Å². The van der Waals surface area contributed by atoms with Crippen LogP contribution in [0.1, 0.15) is 62.9 Å². The normalized spacial score (nSPS) is 16.5. The highest BCUT2D eigenvalue weighted by molar-refractivity contribution is 5.78. The molecule has 0 amide bonds. The van der Waals surface area contributed by atoms with E-state index in [1.807, 2.05) is 0 Å². The second kappa shape index (κ2) is 11.1. The van der Waals surface area contributed by atoms with E-state index in [-0.39, 0.29) is 35.6 Å². The van der Waals surface area contributed by atoms with Crippen LogP contribution in [0.2, 0.25) is 0 Å². The van der Waals surface area contributed by atoms with Crippen molar-refractivity contribution in [2.24, 2.45) is 10.9 Å². The smallest absolute Gasteiger partial charge is 0.419 e. The van der Waals surface area contributed by atoms with E-state index in [4.69, 9.17) is 20.2 Å². The molecule has 33 heavy (non-hydrogen) atoms. The highest BCUT2D eigenvalue weighted by atomic mass is 19.4. The number of halogens is 3. The zero-order valence-corrected chi connectivity index (χ0v) is 18.4. The van der Waals surface area contributed by atoms with Crippen molar-refractivity contribution in [3.05, 3.63) is 41.8 Å². The number of guanidine groups is 1. The fourth-order valence-electron chi connectivity index (χ4n) is 3.58. The standard InChI is InChI=1S/C22H28F3N5O3/c1-2-3-4-5-6-7-13-32-18-11-10-15(14-16(18)22(23,24)25)19-27-20(33-29-19)17-9-8-12-30(17)21(26)28-31/h8-11,14,17,31H,2-7,12-13H2,1H3,(H2,26,28)/t17-/m0/s1. The Morgan fingerprint density at radius 1 is 1.27 bits per heavy atom. The summed E-state index contributed by atoms with van der Waals surface area (Å²) in [6.45, 7) is 2.71. The number of benzene rings is 1. The summed E-state index contributed by atoms with van der Waals surface area (Å²) >= 11 is 0. The number of hydrogen-bond donors (Lipinski definition) is 2. The molecule has 0 saturated heterocycles. The van der Waals surface area contributed by atoms with E-state index in [2.05, 4.69) is 22.2 Å². The van der Waals surface area contributed by atoms with Crippen LogP contribution in [-0.2, 0) is 6.18 Å². The van der Waals surface area contributed by atoms with Crippen LogP contribution in [0.25, 0.3) is 11.4 Å². The number of nitrogens with two attached hydrogens (primary N) is 1. The molecule has 0 radical (unpaired) electrons. The molecule has 180 valence electrons. The molecule has 11 heteroatoms. The Morgan fingerprint density at radius 3 is 2.76 bits per heavy atom. The summed E-state index contributed by atoms with van der Waals surface area (Å²) < 4.78 is 51.7. The second-order valence-electron chi connectivity index (χ2n) is 7.76. The Bertz CT molecular complexity index is 974. The Kier molecular flexibility index (Phi) is 8.18. The zero-order chi connectivity index (χ0) is 23.8. The first-order chi connectivity index (χ1) is 15.8. The molecule has 1 aromatic carbocycles. The molecule has 2 heterocycles. The number of unbranched alkanes of at least 4 members (excludes halogenated alkanes) is 5. The molecule has 3 N–H and O–H groups in total. The minimum absolute atomic E-state index is 0.00210. The average Bonchev–Trinajstić information content (AvgIpc) is 3.47. The molecule has 0 aliphatic carbocycles. The molecule has 1 aromatic heterocycles. The van der Waals surface area contributed by atoms with Crippen LogP contribution in [0.3, 0.4) is 0 Å². The summed E-state index contributed by atoms with van der Waals surface area (Å²) in [5.74, 6) is -0.253. The molecule has 1 aliphatic heterocycles. The average molecular weight is 467 g/mol. The van der Waals surface area contributed by atoms with E-state index in [1.165, 1.54) is 17.0 Å². The largest absolute Gasteiger partial charge is 0.493 e. The van der Waals surface area contributed by atoms with Gasteiger partial charge in [-0.1, -0.05) is 61.5 Å². The Balaban J connectivity index is 1.72. The van der Waals surface area contributed by atoms with Gasteiger partial charge in [0.25, 0.3) is 5.89 Å². The first kappa shape index (κ1) is 24.4. The molecule has 8 nitrogen and oxygen atoms in total. The van der Waals surface area contributed by atoms with Gasteiger partial charge in [-0.05, 0) is 24.6 Å². The predicted octanol–water partition coefficient (Wildman–Crippen LogP) is 5.11. The number of aromatic nitrogens is 2. The fraction of sp³-hybridized carbons (Fsp3) is 0.500. The van der Waals surface area contributed by atoms with Gasteiger partial charge in [0.15, 0.2) is 0 Å². The van der Waals surface area contributed by atoms with E-state index in [1.54, 1.807) is 12.2 Å². The van der Waals surface area contributed by atoms with Crippen LogP contribution < -0.4 is 10.5 Å². The first-order valence-corrected chi connectivity index (χ1v) is 10.9. The summed E-state index contributed by atoms with van der Waals surface area (Å²) in [7, 11) is 0. The second-order valence-corrected chi connectivity index (χ2v) is 7.76. The van der Waals surface area contributed by atoms with Gasteiger partial charge in [0, 0.05) is 12.1 Å². The molecule has 3 rings (SSSR count). The number of nitrogens with zero attached hydrogens (tertiary/aromatic N) is 4. The third-order valence-corrected chi connectivity index (χ3v) is 5.35. The van der Waals surface area contributed by atoms with Crippen LogP contribution >= 0.6 is 0 Å². The van der Waals surface area contributed by atoms with Crippen molar-refractivity contribution >= 4 is 5.96 Å². The molecular weight excluding hydrogens is 439 g/mol. The summed E-state index contributed by atoms with van der Waals surface area (Å²) in [4.78, 5) is 5.72. The van der Waals surface area contributed by atoms with Crippen molar-refractivity contribution in [2.75, 3.05) is 13.2 Å². The van der Waals surface area contributed by atoms with Crippen molar-refractivity contribution in [1.29, 1.82) is 0 Å². The van der Waals surface area contributed by atoms with E-state index >= 15 is 0 Å². The van der Waals surface area contributed by atoms with Gasteiger partial charge in [-0.25, -0.2) is 0 Å². The van der Waals surface area contributed by atoms with Gasteiger partial charge < -0.3 is 25.1 Å². The van der Waals surface area contributed by atoms with Crippen LogP contribution in [0.4, 0.5) is 13.2 Å². The Labute approximate surface area is 189 Å². The molecule has 1 atom stereocenters. The highest BCUT2D eigenvalue weighted by Gasteiger charge is 2.35. The van der Waals surface area contributed by atoms with Gasteiger partial charge in [-0.2, -0.15) is 18.2 Å². The summed E-state index contributed by atoms with van der Waals surface area (Å²) in [6.07, 6.45) is 4.98. The van der Waals surface area contributed by atoms with Gasteiger partial charge in [0.2, 0.25) is 11.8 Å². The van der Waals surface area contributed by atoms with Crippen molar-refractivity contribution < 1.29 is 27.6 Å². The van der Waals surface area contributed by atoms with Crippen molar-refractivity contribution in [1.82, 2.24) is 15.0 Å². The maximum atomic E-state index is 13.7. The third kappa shape index (κ3) is 6.17. The summed E-state index contributed by atoms with van der Waals surface area (Å²) in [6, 6.07) is 3.12. The van der Waals surface area contributed by atoms with E-state index in [0.29, 0.717) is 13.0 Å². The highest BCUT2D eigenvalue weighted by Crippen LogP contribution is 2.39. The quantitative estimate of drug-likeness (QED) is 0.125. The summed E-state index contributed by atoms with van der Waals surface area (Å²) in [5.41, 5.74) is 4.89. The zero-order valence-electron chi connectivity index (χ0n) is 18.4. The number of alkyl halides is 3. The van der Waals surface area contributed by atoms with Gasteiger partial charge in [-0.15, -0.1) is 0 Å². The third-order valence-electron chi connectivity index (χ3n) is 5.35. The maximum absolute atomic E-state index is 13.7. The Morgan fingerprint density at radius 2 is 2.03 bits per heavy atom. The topological polar surface area (TPSA) is 110 Å². The van der Waals surface area contributed by atoms with Crippen molar-refractivity contribution in [3.63, 3.8) is 0 Å². The fourth-order valence-corrected chi connectivity index (χ4v) is 3.58. The molecule has 0 fully saturated rings. The van der Waals surface area contributed by atoms with Crippen molar-refractivity contribution in [2.45, 2.75) is 57.7 Å². The first-order valence-electron chi connectivity index (χ1n) is 10.9. The van der Waals surface area contributed by atoms with Crippen LogP contribution in [0.5, 0.6) is 5.75 Å². The lowest BCUT2D eigenvalue weighted by molar-refractivity contribution is -0.138. The van der Waals surface area contributed by atoms with Crippen LogP contribution in [0, 0.1) is 0 Å². The number of ether oxygens (including phenoxy) is 1. The monoisotopic (exact) mass is 467 g/mol. The Hall–Kier alpha value is -3.24. The SMILES string of the molecule is CCCCCCCCOc1ccc(-c2noc([C@@H]3C=CCN3/C(N)=N\O)n2)cc1C(F)(F)F. The van der Waals surface area contributed by atoms with E-state index in [0.717, 1.165) is 38.2 Å².